The molecule has 3 rings (SSSR count). The molecule has 0 aliphatic carbocycles. The van der Waals surface area contributed by atoms with E-state index in [1.165, 1.54) is 12.1 Å². The second kappa shape index (κ2) is 6.70. The van der Waals surface area contributed by atoms with Crippen molar-refractivity contribution in [2.45, 2.75) is 19.4 Å². The van der Waals surface area contributed by atoms with Gasteiger partial charge in [0, 0.05) is 24.3 Å². The molecule has 1 fully saturated rings. The Bertz CT molecular complexity index is 761. The van der Waals surface area contributed by atoms with Crippen LogP contribution in [-0.4, -0.2) is 24.5 Å². The normalized spacial score (nSPS) is 17.0. The minimum atomic E-state index is -0.349. The predicted molar refractivity (Wildman–Crippen MR) is 90.5 cm³/mol. The van der Waals surface area contributed by atoms with Crippen LogP contribution in [0.1, 0.15) is 12.0 Å². The standard InChI is InChI=1S/C18H18FN3O2/c1-12-4-2-3-5-16(12)21-18(24)20-14-10-17(23)22(11-14)15-8-6-13(19)7-9-15/h2-9,14H,10-11H2,1H3,(H2,20,21,24). The van der Waals surface area contributed by atoms with Gasteiger partial charge in [0.15, 0.2) is 0 Å². The van der Waals surface area contributed by atoms with E-state index in [1.807, 2.05) is 31.2 Å². The zero-order valence-electron chi connectivity index (χ0n) is 13.3. The minimum Gasteiger partial charge on any atom is -0.333 e. The van der Waals surface area contributed by atoms with E-state index in [9.17, 15) is 14.0 Å². The Kier molecular flexibility index (Phi) is 4.46. The average molecular weight is 327 g/mol. The first kappa shape index (κ1) is 16.0. The second-order valence-corrected chi connectivity index (χ2v) is 5.80. The van der Waals surface area contributed by atoms with Crippen LogP contribution in [0, 0.1) is 12.7 Å². The molecule has 24 heavy (non-hydrogen) atoms. The van der Waals surface area contributed by atoms with E-state index in [0.29, 0.717) is 12.2 Å². The molecule has 0 saturated carbocycles. The van der Waals surface area contributed by atoms with E-state index < -0.39 is 0 Å². The highest BCUT2D eigenvalue weighted by Crippen LogP contribution is 2.22. The number of carbonyl (C=O) groups is 2. The molecule has 1 saturated heterocycles. The molecule has 124 valence electrons. The van der Waals surface area contributed by atoms with Crippen molar-refractivity contribution in [2.75, 3.05) is 16.8 Å². The van der Waals surface area contributed by atoms with Crippen molar-refractivity contribution >= 4 is 23.3 Å². The monoisotopic (exact) mass is 327 g/mol. The number of nitrogens with zero attached hydrogens (tertiary/aromatic N) is 1. The number of aryl methyl sites for hydroxylation is 1. The molecule has 1 unspecified atom stereocenters. The van der Waals surface area contributed by atoms with Gasteiger partial charge in [-0.15, -0.1) is 0 Å². The summed E-state index contributed by atoms with van der Waals surface area (Å²) >= 11 is 0. The van der Waals surface area contributed by atoms with E-state index in [4.69, 9.17) is 0 Å². The molecule has 6 heteroatoms. The molecule has 1 aliphatic heterocycles. The van der Waals surface area contributed by atoms with Crippen molar-refractivity contribution in [1.29, 1.82) is 0 Å². The maximum Gasteiger partial charge on any atom is 0.319 e. The predicted octanol–water partition coefficient (Wildman–Crippen LogP) is 3.06. The zero-order chi connectivity index (χ0) is 17.1. The Balaban J connectivity index is 1.61. The molecule has 0 bridgehead atoms. The van der Waals surface area contributed by atoms with Gasteiger partial charge in [0.1, 0.15) is 5.82 Å². The number of amides is 3. The van der Waals surface area contributed by atoms with Crippen molar-refractivity contribution < 1.29 is 14.0 Å². The summed E-state index contributed by atoms with van der Waals surface area (Å²) in [5, 5.41) is 5.59. The van der Waals surface area contributed by atoms with Gasteiger partial charge in [-0.25, -0.2) is 9.18 Å². The molecule has 0 aromatic heterocycles. The van der Waals surface area contributed by atoms with Gasteiger partial charge in [0.2, 0.25) is 5.91 Å². The molecule has 1 heterocycles. The first-order valence-corrected chi connectivity index (χ1v) is 7.72. The Morgan fingerprint density at radius 1 is 1.17 bits per heavy atom. The van der Waals surface area contributed by atoms with Crippen LogP contribution in [0.4, 0.5) is 20.6 Å². The van der Waals surface area contributed by atoms with Gasteiger partial charge in [-0.05, 0) is 42.8 Å². The number of urea groups is 1. The third kappa shape index (κ3) is 3.53. The van der Waals surface area contributed by atoms with E-state index in [1.54, 1.807) is 17.0 Å². The molecular weight excluding hydrogens is 309 g/mol. The number of benzene rings is 2. The Morgan fingerprint density at radius 2 is 1.88 bits per heavy atom. The summed E-state index contributed by atoms with van der Waals surface area (Å²) in [5.74, 6) is -0.444. The molecule has 1 atom stereocenters. The number of nitrogens with one attached hydrogen (secondary N) is 2. The van der Waals surface area contributed by atoms with Crippen LogP contribution in [0.5, 0.6) is 0 Å². The zero-order valence-corrected chi connectivity index (χ0v) is 13.3. The van der Waals surface area contributed by atoms with E-state index in [0.717, 1.165) is 11.3 Å². The summed E-state index contributed by atoms with van der Waals surface area (Å²) < 4.78 is 13.0. The number of hydrogen-bond donors (Lipinski definition) is 2. The van der Waals surface area contributed by atoms with Gasteiger partial charge < -0.3 is 15.5 Å². The summed E-state index contributed by atoms with van der Waals surface area (Å²) in [5.41, 5.74) is 2.32. The molecule has 2 aromatic rings. The van der Waals surface area contributed by atoms with E-state index in [2.05, 4.69) is 10.6 Å². The molecule has 3 amide bonds. The minimum absolute atomic E-state index is 0.0946. The Hall–Kier alpha value is -2.89. The molecule has 0 spiro atoms. The van der Waals surface area contributed by atoms with Crippen LogP contribution in [0.2, 0.25) is 0 Å². The molecule has 1 aliphatic rings. The van der Waals surface area contributed by atoms with Crippen LogP contribution in [-0.2, 0) is 4.79 Å². The summed E-state index contributed by atoms with van der Waals surface area (Å²) in [6, 6.07) is 12.6. The topological polar surface area (TPSA) is 61.4 Å². The quantitative estimate of drug-likeness (QED) is 0.910. The van der Waals surface area contributed by atoms with Gasteiger partial charge in [-0.3, -0.25) is 4.79 Å². The van der Waals surface area contributed by atoms with Crippen LogP contribution >= 0.6 is 0 Å². The van der Waals surface area contributed by atoms with Gasteiger partial charge in [-0.2, -0.15) is 0 Å². The fourth-order valence-electron chi connectivity index (χ4n) is 2.73. The number of anilines is 2. The lowest BCUT2D eigenvalue weighted by Gasteiger charge is -2.17. The Morgan fingerprint density at radius 3 is 2.58 bits per heavy atom. The van der Waals surface area contributed by atoms with Gasteiger partial charge in [-0.1, -0.05) is 18.2 Å². The summed E-state index contributed by atoms with van der Waals surface area (Å²) in [4.78, 5) is 25.8. The average Bonchev–Trinajstić information content (AvgIpc) is 2.90. The highest BCUT2D eigenvalue weighted by atomic mass is 19.1. The van der Waals surface area contributed by atoms with Gasteiger partial charge in [0.25, 0.3) is 0 Å². The fraction of sp³-hybridized carbons (Fsp3) is 0.222. The van der Waals surface area contributed by atoms with Crippen LogP contribution in [0.15, 0.2) is 48.5 Å². The van der Waals surface area contributed by atoms with E-state index >= 15 is 0 Å². The van der Waals surface area contributed by atoms with Crippen LogP contribution in [0.3, 0.4) is 0 Å². The summed E-state index contributed by atoms with van der Waals surface area (Å²) in [6.45, 7) is 2.27. The number of hydrogen-bond acceptors (Lipinski definition) is 2. The maximum absolute atomic E-state index is 13.0. The SMILES string of the molecule is Cc1ccccc1NC(=O)NC1CC(=O)N(c2ccc(F)cc2)C1. The lowest BCUT2D eigenvalue weighted by atomic mass is 10.2. The van der Waals surface area contributed by atoms with Crippen molar-refractivity contribution in [2.24, 2.45) is 0 Å². The van der Waals surface area contributed by atoms with Crippen molar-refractivity contribution in [3.05, 3.63) is 59.9 Å². The van der Waals surface area contributed by atoms with Crippen molar-refractivity contribution in [1.82, 2.24) is 5.32 Å². The van der Waals surface area contributed by atoms with Crippen molar-refractivity contribution in [3.8, 4) is 0 Å². The van der Waals surface area contributed by atoms with E-state index in [-0.39, 0.29) is 30.2 Å². The Labute approximate surface area is 139 Å². The summed E-state index contributed by atoms with van der Waals surface area (Å²) in [7, 11) is 0. The number of rotatable bonds is 3. The largest absolute Gasteiger partial charge is 0.333 e. The van der Waals surface area contributed by atoms with Crippen molar-refractivity contribution in [3.63, 3.8) is 0 Å². The highest BCUT2D eigenvalue weighted by molar-refractivity contribution is 5.97. The molecule has 5 nitrogen and oxygen atoms in total. The maximum atomic E-state index is 13.0. The molecular formula is C18H18FN3O2. The molecule has 2 aromatic carbocycles. The fourth-order valence-corrected chi connectivity index (χ4v) is 2.73. The first-order chi connectivity index (χ1) is 11.5. The highest BCUT2D eigenvalue weighted by Gasteiger charge is 2.31. The van der Waals surface area contributed by atoms with Gasteiger partial charge in [0.05, 0.1) is 6.04 Å². The molecule has 0 radical (unpaired) electrons. The third-order valence-electron chi connectivity index (χ3n) is 3.99. The first-order valence-electron chi connectivity index (χ1n) is 7.72. The molecule has 2 N–H and O–H groups in total. The second-order valence-electron chi connectivity index (χ2n) is 5.80. The van der Waals surface area contributed by atoms with Gasteiger partial charge >= 0.3 is 6.03 Å². The lowest BCUT2D eigenvalue weighted by Crippen LogP contribution is -2.39. The smallest absolute Gasteiger partial charge is 0.319 e. The number of halogens is 1. The number of para-hydroxylation sites is 1. The number of carbonyl (C=O) groups excluding carboxylic acids is 2. The third-order valence-corrected chi connectivity index (χ3v) is 3.99. The van der Waals surface area contributed by atoms with Crippen LogP contribution < -0.4 is 15.5 Å². The lowest BCUT2D eigenvalue weighted by molar-refractivity contribution is -0.117. The summed E-state index contributed by atoms with van der Waals surface area (Å²) in [6.07, 6.45) is 0.221. The van der Waals surface area contributed by atoms with Crippen LogP contribution in [0.25, 0.3) is 0 Å².